The molecular weight excluding hydrogens is 262 g/mol. The van der Waals surface area contributed by atoms with Gasteiger partial charge in [-0.05, 0) is 29.7 Å². The Labute approximate surface area is 125 Å². The zero-order valence-electron chi connectivity index (χ0n) is 12.6. The number of aromatic nitrogens is 1. The Morgan fingerprint density at radius 3 is 2.76 bits per heavy atom. The van der Waals surface area contributed by atoms with Crippen LogP contribution in [0.5, 0.6) is 0 Å². The van der Waals surface area contributed by atoms with Gasteiger partial charge in [-0.2, -0.15) is 0 Å². The number of amides is 1. The molecule has 3 rings (SSSR count). The maximum absolute atomic E-state index is 12.3. The number of fused-ring (bicyclic) bond motifs is 1. The molecule has 1 heterocycles. The third kappa shape index (κ3) is 2.71. The second-order valence-electron chi connectivity index (χ2n) is 6.17. The van der Waals surface area contributed by atoms with Crippen molar-refractivity contribution < 1.29 is 4.79 Å². The van der Waals surface area contributed by atoms with Crippen LogP contribution in [0.3, 0.4) is 0 Å². The van der Waals surface area contributed by atoms with Gasteiger partial charge in [0.1, 0.15) is 11.5 Å². The minimum atomic E-state index is -0.0922. The fourth-order valence-electron chi connectivity index (χ4n) is 2.85. The topological polar surface area (TPSA) is 54.0 Å². The van der Waals surface area contributed by atoms with Gasteiger partial charge in [-0.25, -0.2) is 4.98 Å². The smallest absolute Gasteiger partial charge is 0.270 e. The maximum atomic E-state index is 12.3. The van der Waals surface area contributed by atoms with Crippen molar-refractivity contribution in [3.05, 3.63) is 36.0 Å². The Morgan fingerprint density at radius 1 is 1.33 bits per heavy atom. The number of hydrogen-bond acceptors (Lipinski definition) is 3. The molecule has 110 valence electrons. The highest BCUT2D eigenvalue weighted by Crippen LogP contribution is 2.39. The van der Waals surface area contributed by atoms with Crippen molar-refractivity contribution in [1.82, 2.24) is 10.3 Å². The van der Waals surface area contributed by atoms with Crippen LogP contribution in [-0.2, 0) is 0 Å². The minimum Gasteiger partial charge on any atom is -0.373 e. The van der Waals surface area contributed by atoms with Gasteiger partial charge in [0.25, 0.3) is 5.91 Å². The molecule has 0 bridgehead atoms. The first-order chi connectivity index (χ1) is 10.1. The fraction of sp³-hybridized carbons (Fsp3) is 0.412. The first-order valence-corrected chi connectivity index (χ1v) is 7.47. The number of anilines is 1. The van der Waals surface area contributed by atoms with Crippen LogP contribution in [0, 0.1) is 5.41 Å². The summed E-state index contributed by atoms with van der Waals surface area (Å²) in [6.45, 7) is 2.96. The van der Waals surface area contributed by atoms with Crippen molar-refractivity contribution in [2.24, 2.45) is 5.41 Å². The lowest BCUT2D eigenvalue weighted by Crippen LogP contribution is -2.40. The van der Waals surface area contributed by atoms with Crippen LogP contribution in [0.15, 0.2) is 30.3 Å². The quantitative estimate of drug-likeness (QED) is 0.906. The Balaban J connectivity index is 1.84. The summed E-state index contributed by atoms with van der Waals surface area (Å²) in [5.74, 6) is 0.651. The van der Waals surface area contributed by atoms with Crippen molar-refractivity contribution in [3.63, 3.8) is 0 Å². The Morgan fingerprint density at radius 2 is 2.10 bits per heavy atom. The summed E-state index contributed by atoms with van der Waals surface area (Å²) < 4.78 is 0. The molecule has 1 amide bonds. The van der Waals surface area contributed by atoms with E-state index in [-0.39, 0.29) is 11.3 Å². The number of nitrogens with zero attached hydrogens (tertiary/aromatic N) is 1. The fourth-order valence-corrected chi connectivity index (χ4v) is 2.85. The number of nitrogens with one attached hydrogen (secondary N) is 2. The van der Waals surface area contributed by atoms with Crippen molar-refractivity contribution in [2.75, 3.05) is 18.9 Å². The van der Waals surface area contributed by atoms with Crippen LogP contribution in [0.2, 0.25) is 0 Å². The molecule has 1 aromatic heterocycles. The van der Waals surface area contributed by atoms with E-state index in [0.29, 0.717) is 5.69 Å². The number of benzene rings is 1. The van der Waals surface area contributed by atoms with Crippen LogP contribution in [-0.4, -0.2) is 24.5 Å². The average molecular weight is 283 g/mol. The van der Waals surface area contributed by atoms with E-state index >= 15 is 0 Å². The number of rotatable bonds is 4. The SMILES string of the molecule is CNc1nc(C(=O)NCC2(C)CCC2)cc2ccccc12. The van der Waals surface area contributed by atoms with E-state index in [9.17, 15) is 4.79 Å². The zero-order valence-corrected chi connectivity index (χ0v) is 12.6. The van der Waals surface area contributed by atoms with E-state index in [2.05, 4.69) is 22.5 Å². The summed E-state index contributed by atoms with van der Waals surface area (Å²) in [6.07, 6.45) is 3.66. The molecule has 2 N–H and O–H groups in total. The predicted octanol–water partition coefficient (Wildman–Crippen LogP) is 3.20. The van der Waals surface area contributed by atoms with E-state index in [1.54, 1.807) is 0 Å². The Bertz CT molecular complexity index is 677. The summed E-state index contributed by atoms with van der Waals surface area (Å²) >= 11 is 0. The van der Waals surface area contributed by atoms with Crippen molar-refractivity contribution in [2.45, 2.75) is 26.2 Å². The van der Waals surface area contributed by atoms with Gasteiger partial charge in [0.15, 0.2) is 0 Å². The summed E-state index contributed by atoms with van der Waals surface area (Å²) in [5, 5.41) is 8.15. The lowest BCUT2D eigenvalue weighted by atomic mass is 9.70. The monoisotopic (exact) mass is 283 g/mol. The number of carbonyl (C=O) groups is 1. The molecule has 1 aliphatic rings. The molecule has 0 unspecified atom stereocenters. The van der Waals surface area contributed by atoms with Gasteiger partial charge in [0.05, 0.1) is 0 Å². The molecule has 0 saturated heterocycles. The summed E-state index contributed by atoms with van der Waals surface area (Å²) in [6, 6.07) is 9.81. The van der Waals surface area contributed by atoms with Gasteiger partial charge >= 0.3 is 0 Å². The number of hydrogen-bond donors (Lipinski definition) is 2. The van der Waals surface area contributed by atoms with E-state index < -0.39 is 0 Å². The molecule has 4 nitrogen and oxygen atoms in total. The first-order valence-electron chi connectivity index (χ1n) is 7.47. The van der Waals surface area contributed by atoms with Gasteiger partial charge < -0.3 is 10.6 Å². The zero-order chi connectivity index (χ0) is 14.9. The van der Waals surface area contributed by atoms with Crippen LogP contribution >= 0.6 is 0 Å². The van der Waals surface area contributed by atoms with Gasteiger partial charge in [-0.15, -0.1) is 0 Å². The molecule has 4 heteroatoms. The Hall–Kier alpha value is -2.10. The van der Waals surface area contributed by atoms with Gasteiger partial charge in [-0.1, -0.05) is 37.6 Å². The normalized spacial score (nSPS) is 16.3. The number of pyridine rings is 1. The molecule has 1 aromatic carbocycles. The maximum Gasteiger partial charge on any atom is 0.270 e. The third-order valence-corrected chi connectivity index (χ3v) is 4.45. The van der Waals surface area contributed by atoms with Crippen LogP contribution < -0.4 is 10.6 Å². The van der Waals surface area contributed by atoms with Crippen molar-refractivity contribution in [1.29, 1.82) is 0 Å². The number of carbonyl (C=O) groups excluding carboxylic acids is 1. The van der Waals surface area contributed by atoms with E-state index in [1.807, 2.05) is 37.4 Å². The van der Waals surface area contributed by atoms with Gasteiger partial charge in [0.2, 0.25) is 0 Å². The highest BCUT2D eigenvalue weighted by atomic mass is 16.1. The highest BCUT2D eigenvalue weighted by molar-refractivity contribution is 6.00. The molecule has 0 atom stereocenters. The van der Waals surface area contributed by atoms with Crippen LogP contribution in [0.1, 0.15) is 36.7 Å². The van der Waals surface area contributed by atoms with Crippen molar-refractivity contribution >= 4 is 22.5 Å². The summed E-state index contributed by atoms with van der Waals surface area (Å²) in [4.78, 5) is 16.8. The molecule has 1 fully saturated rings. The predicted molar refractivity (Wildman–Crippen MR) is 85.6 cm³/mol. The molecule has 1 aliphatic carbocycles. The second-order valence-corrected chi connectivity index (χ2v) is 6.17. The molecule has 2 aromatic rings. The summed E-state index contributed by atoms with van der Waals surface area (Å²) in [5.41, 5.74) is 0.749. The standard InChI is InChI=1S/C17H21N3O/c1-17(8-5-9-17)11-19-16(21)14-10-12-6-3-4-7-13(12)15(18-2)20-14/h3-4,6-7,10H,5,8-9,11H2,1-2H3,(H,18,20)(H,19,21). The lowest BCUT2D eigenvalue weighted by molar-refractivity contribution is 0.0886. The van der Waals surface area contributed by atoms with Crippen LogP contribution in [0.4, 0.5) is 5.82 Å². The lowest BCUT2D eigenvalue weighted by Gasteiger charge is -2.38. The summed E-state index contributed by atoms with van der Waals surface area (Å²) in [7, 11) is 1.83. The molecule has 0 aliphatic heterocycles. The molecule has 0 spiro atoms. The van der Waals surface area contributed by atoms with E-state index in [1.165, 1.54) is 19.3 Å². The molecule has 0 radical (unpaired) electrons. The van der Waals surface area contributed by atoms with E-state index in [4.69, 9.17) is 0 Å². The second kappa shape index (κ2) is 5.35. The van der Waals surface area contributed by atoms with Gasteiger partial charge in [0, 0.05) is 19.0 Å². The highest BCUT2D eigenvalue weighted by Gasteiger charge is 2.32. The van der Waals surface area contributed by atoms with Crippen molar-refractivity contribution in [3.8, 4) is 0 Å². The molecule has 1 saturated carbocycles. The third-order valence-electron chi connectivity index (χ3n) is 4.45. The van der Waals surface area contributed by atoms with Gasteiger partial charge in [-0.3, -0.25) is 4.79 Å². The molecule has 21 heavy (non-hydrogen) atoms. The first kappa shape index (κ1) is 13.9. The Kier molecular flexibility index (Phi) is 3.53. The van der Waals surface area contributed by atoms with Crippen LogP contribution in [0.25, 0.3) is 10.8 Å². The average Bonchev–Trinajstić information content (AvgIpc) is 2.49. The molecular formula is C17H21N3O. The minimum absolute atomic E-state index is 0.0922. The largest absolute Gasteiger partial charge is 0.373 e. The van der Waals surface area contributed by atoms with E-state index in [0.717, 1.165) is 23.1 Å².